The van der Waals surface area contributed by atoms with Crippen LogP contribution in [-0.2, 0) is 11.8 Å². The third kappa shape index (κ3) is 3.29. The predicted octanol–water partition coefficient (Wildman–Crippen LogP) is 3.86. The number of benzene rings is 1. The fourth-order valence-electron chi connectivity index (χ4n) is 5.44. The fourth-order valence-corrected chi connectivity index (χ4v) is 5.44. The summed E-state index contributed by atoms with van der Waals surface area (Å²) in [5, 5.41) is 3.82. The van der Waals surface area contributed by atoms with Crippen LogP contribution in [0.2, 0.25) is 0 Å². The number of methoxy groups -OCH3 is 1. The van der Waals surface area contributed by atoms with Crippen molar-refractivity contribution in [2.24, 2.45) is 17.8 Å². The first kappa shape index (κ1) is 18.3. The van der Waals surface area contributed by atoms with Crippen molar-refractivity contribution < 1.29 is 4.74 Å². The van der Waals surface area contributed by atoms with Gasteiger partial charge in [0.15, 0.2) is 0 Å². The van der Waals surface area contributed by atoms with E-state index in [0.29, 0.717) is 17.9 Å². The van der Waals surface area contributed by atoms with Gasteiger partial charge in [-0.05, 0) is 79.8 Å². The topological polar surface area (TPSA) is 24.5 Å². The molecule has 26 heavy (non-hydrogen) atoms. The van der Waals surface area contributed by atoms with Crippen LogP contribution in [0, 0.1) is 17.8 Å². The largest absolute Gasteiger partial charge is 0.497 e. The molecule has 2 bridgehead atoms. The molecule has 1 aromatic carbocycles. The van der Waals surface area contributed by atoms with Crippen molar-refractivity contribution in [2.45, 2.75) is 57.9 Å². The lowest BCUT2D eigenvalue weighted by molar-refractivity contribution is 0.0197. The van der Waals surface area contributed by atoms with E-state index in [1.807, 2.05) is 0 Å². The molecule has 4 rings (SSSR count). The number of nitrogens with one attached hydrogen (secondary N) is 1. The zero-order chi connectivity index (χ0) is 18.3. The molecule has 3 aliphatic rings. The highest BCUT2D eigenvalue weighted by molar-refractivity contribution is 5.45. The molecule has 0 radical (unpaired) electrons. The second-order valence-corrected chi connectivity index (χ2v) is 9.45. The van der Waals surface area contributed by atoms with Crippen LogP contribution >= 0.6 is 0 Å². The van der Waals surface area contributed by atoms with Gasteiger partial charge in [0.1, 0.15) is 5.75 Å². The Labute approximate surface area is 159 Å². The first-order valence-corrected chi connectivity index (χ1v) is 10.7. The maximum absolute atomic E-state index is 5.59. The van der Waals surface area contributed by atoms with Gasteiger partial charge in [0.2, 0.25) is 0 Å². The predicted molar refractivity (Wildman–Crippen MR) is 108 cm³/mol. The van der Waals surface area contributed by atoms with Gasteiger partial charge in [-0.2, -0.15) is 0 Å². The molecule has 0 spiro atoms. The number of hydrogen-bond acceptors (Lipinski definition) is 3. The molecule has 3 atom stereocenters. The van der Waals surface area contributed by atoms with E-state index in [9.17, 15) is 0 Å². The molecule has 3 heteroatoms. The van der Waals surface area contributed by atoms with E-state index < -0.39 is 0 Å². The average molecular weight is 357 g/mol. The van der Waals surface area contributed by atoms with E-state index in [1.54, 1.807) is 18.2 Å². The molecular formula is C23H36N2O. The molecule has 1 N–H and O–H groups in total. The standard InChI is InChI=1S/C23H36N2O/c1-16(2)13-24-15-23-9-10-25(14-18-5-6-18)22(17(23)3)11-19-7-8-20(26-4)12-21(19)23/h7-8,12,16-18,22,24H,5-6,9-11,13-15H2,1-4H3/t17-,22?,23+/m0/s1. The van der Waals surface area contributed by atoms with Gasteiger partial charge in [0.05, 0.1) is 7.11 Å². The minimum atomic E-state index is 0.252. The van der Waals surface area contributed by atoms with Gasteiger partial charge in [-0.15, -0.1) is 0 Å². The fraction of sp³-hybridized carbons (Fsp3) is 0.739. The third-order valence-electron chi connectivity index (χ3n) is 7.23. The molecule has 3 nitrogen and oxygen atoms in total. The van der Waals surface area contributed by atoms with Crippen LogP contribution in [0.1, 0.15) is 51.2 Å². The van der Waals surface area contributed by atoms with Gasteiger partial charge in [0.25, 0.3) is 0 Å². The second kappa shape index (κ2) is 7.16. The van der Waals surface area contributed by atoms with Crippen LogP contribution in [0.3, 0.4) is 0 Å². The van der Waals surface area contributed by atoms with Crippen LogP contribution < -0.4 is 10.1 Å². The van der Waals surface area contributed by atoms with E-state index in [4.69, 9.17) is 4.74 Å². The van der Waals surface area contributed by atoms with Crippen molar-refractivity contribution >= 4 is 0 Å². The monoisotopic (exact) mass is 356 g/mol. The normalized spacial score (nSPS) is 31.1. The number of rotatable bonds is 7. The smallest absolute Gasteiger partial charge is 0.119 e. The molecule has 1 saturated heterocycles. The Balaban J connectivity index is 1.66. The van der Waals surface area contributed by atoms with Crippen LogP contribution in [0.25, 0.3) is 0 Å². The van der Waals surface area contributed by atoms with Crippen LogP contribution in [0.5, 0.6) is 5.75 Å². The van der Waals surface area contributed by atoms with Crippen molar-refractivity contribution in [3.05, 3.63) is 29.3 Å². The minimum absolute atomic E-state index is 0.252. The number of piperidine rings is 1. The van der Waals surface area contributed by atoms with Crippen molar-refractivity contribution in [3.8, 4) is 5.75 Å². The van der Waals surface area contributed by atoms with Crippen molar-refractivity contribution in [3.63, 3.8) is 0 Å². The Bertz CT molecular complexity index is 639. The van der Waals surface area contributed by atoms with Gasteiger partial charge in [0, 0.05) is 24.5 Å². The SMILES string of the molecule is COc1ccc2c(c1)[C@@]1(CNCC(C)C)CCN(CC3CC3)C(C2)[C@@H]1C. The Morgan fingerprint density at radius 2 is 2.12 bits per heavy atom. The number of ether oxygens (including phenoxy) is 1. The summed E-state index contributed by atoms with van der Waals surface area (Å²) in [5.41, 5.74) is 3.37. The summed E-state index contributed by atoms with van der Waals surface area (Å²) in [5.74, 6) is 3.37. The molecule has 1 aliphatic heterocycles. The molecule has 1 saturated carbocycles. The lowest BCUT2D eigenvalue weighted by Crippen LogP contribution is -2.62. The Kier molecular flexibility index (Phi) is 5.04. The second-order valence-electron chi connectivity index (χ2n) is 9.45. The maximum Gasteiger partial charge on any atom is 0.119 e. The van der Waals surface area contributed by atoms with E-state index in [1.165, 1.54) is 38.8 Å². The van der Waals surface area contributed by atoms with Crippen molar-refractivity contribution in [2.75, 3.05) is 33.3 Å². The van der Waals surface area contributed by atoms with Gasteiger partial charge in [-0.3, -0.25) is 4.90 Å². The molecule has 2 aliphatic carbocycles. The zero-order valence-corrected chi connectivity index (χ0v) is 17.1. The minimum Gasteiger partial charge on any atom is -0.497 e. The number of fused-ring (bicyclic) bond motifs is 4. The summed E-state index contributed by atoms with van der Waals surface area (Å²) in [6, 6.07) is 7.54. The summed E-state index contributed by atoms with van der Waals surface area (Å²) in [4.78, 5) is 2.83. The summed E-state index contributed by atoms with van der Waals surface area (Å²) >= 11 is 0. The first-order chi connectivity index (χ1) is 12.5. The van der Waals surface area contributed by atoms with E-state index in [2.05, 4.69) is 49.2 Å². The lowest BCUT2D eigenvalue weighted by Gasteiger charge is -2.56. The molecular weight excluding hydrogens is 320 g/mol. The lowest BCUT2D eigenvalue weighted by atomic mass is 9.57. The Morgan fingerprint density at radius 3 is 2.81 bits per heavy atom. The van der Waals surface area contributed by atoms with Gasteiger partial charge in [-0.1, -0.05) is 26.8 Å². The number of nitrogens with zero attached hydrogens (tertiary/aromatic N) is 1. The van der Waals surface area contributed by atoms with Gasteiger partial charge < -0.3 is 10.1 Å². The first-order valence-electron chi connectivity index (χ1n) is 10.7. The summed E-state index contributed by atoms with van der Waals surface area (Å²) in [6.07, 6.45) is 5.38. The van der Waals surface area contributed by atoms with Crippen LogP contribution in [-0.4, -0.2) is 44.2 Å². The summed E-state index contributed by atoms with van der Waals surface area (Å²) in [7, 11) is 1.79. The molecule has 1 unspecified atom stereocenters. The summed E-state index contributed by atoms with van der Waals surface area (Å²) < 4.78 is 5.59. The molecule has 1 heterocycles. The Hall–Kier alpha value is -1.06. The highest BCUT2D eigenvalue weighted by Gasteiger charge is 2.51. The average Bonchev–Trinajstić information content (AvgIpc) is 3.43. The van der Waals surface area contributed by atoms with Crippen LogP contribution in [0.4, 0.5) is 0 Å². The number of hydrogen-bond donors (Lipinski definition) is 1. The van der Waals surface area contributed by atoms with Crippen molar-refractivity contribution in [1.29, 1.82) is 0 Å². The maximum atomic E-state index is 5.59. The highest BCUT2D eigenvalue weighted by Crippen LogP contribution is 2.50. The molecule has 2 fully saturated rings. The molecule has 144 valence electrons. The quantitative estimate of drug-likeness (QED) is 0.803. The third-order valence-corrected chi connectivity index (χ3v) is 7.23. The molecule has 0 amide bonds. The summed E-state index contributed by atoms with van der Waals surface area (Å²) in [6.45, 7) is 11.9. The van der Waals surface area contributed by atoms with E-state index >= 15 is 0 Å². The van der Waals surface area contributed by atoms with E-state index in [0.717, 1.165) is 24.8 Å². The van der Waals surface area contributed by atoms with Crippen molar-refractivity contribution in [1.82, 2.24) is 10.2 Å². The molecule has 1 aromatic rings. The van der Waals surface area contributed by atoms with Gasteiger partial charge in [-0.25, -0.2) is 0 Å². The van der Waals surface area contributed by atoms with E-state index in [-0.39, 0.29) is 5.41 Å². The highest BCUT2D eigenvalue weighted by atomic mass is 16.5. The van der Waals surface area contributed by atoms with Crippen LogP contribution in [0.15, 0.2) is 18.2 Å². The molecule has 0 aromatic heterocycles. The van der Waals surface area contributed by atoms with Gasteiger partial charge >= 0.3 is 0 Å². The number of likely N-dealkylation sites (tertiary alicyclic amines) is 1. The Morgan fingerprint density at radius 1 is 1.31 bits per heavy atom. The zero-order valence-electron chi connectivity index (χ0n) is 17.1.